The Bertz CT molecular complexity index is 456. The largest absolute Gasteiger partial charge is 0.465 e. The summed E-state index contributed by atoms with van der Waals surface area (Å²) in [6.45, 7) is 6.92. The Hall–Kier alpha value is -1.48. The maximum Gasteiger partial charge on any atom is 0.117 e. The van der Waals surface area contributed by atoms with Gasteiger partial charge in [0.2, 0.25) is 0 Å². The lowest BCUT2D eigenvalue weighted by Gasteiger charge is -2.01. The molecule has 3 heteroatoms. The van der Waals surface area contributed by atoms with Crippen molar-refractivity contribution < 1.29 is 4.42 Å². The highest BCUT2D eigenvalue weighted by molar-refractivity contribution is 5.10. The molecule has 0 atom stereocenters. The van der Waals surface area contributed by atoms with Gasteiger partial charge in [-0.2, -0.15) is 0 Å². The molecular weight excluding hydrogens is 212 g/mol. The van der Waals surface area contributed by atoms with E-state index in [0.29, 0.717) is 0 Å². The van der Waals surface area contributed by atoms with Crippen LogP contribution in [0.5, 0.6) is 0 Å². The summed E-state index contributed by atoms with van der Waals surface area (Å²) in [7, 11) is 0. The van der Waals surface area contributed by atoms with Gasteiger partial charge >= 0.3 is 0 Å². The van der Waals surface area contributed by atoms with E-state index in [-0.39, 0.29) is 0 Å². The van der Waals surface area contributed by atoms with Crippen LogP contribution in [-0.2, 0) is 19.6 Å². The van der Waals surface area contributed by atoms with Gasteiger partial charge in [0.25, 0.3) is 0 Å². The second kappa shape index (κ2) is 5.73. The monoisotopic (exact) mass is 232 g/mol. The van der Waals surface area contributed by atoms with Gasteiger partial charge in [0.15, 0.2) is 0 Å². The predicted octanol–water partition coefficient (Wildman–Crippen LogP) is 3.09. The molecule has 0 saturated carbocycles. The molecular formula is C14H20N2O. The molecule has 0 aliphatic rings. The minimum atomic E-state index is 0.785. The highest BCUT2D eigenvalue weighted by atomic mass is 16.3. The Morgan fingerprint density at radius 3 is 2.82 bits per heavy atom. The highest BCUT2D eigenvalue weighted by Gasteiger charge is 1.99. The number of rotatable bonds is 6. The van der Waals surface area contributed by atoms with E-state index >= 15 is 0 Å². The molecule has 0 spiro atoms. The van der Waals surface area contributed by atoms with E-state index in [1.165, 1.54) is 12.0 Å². The molecule has 92 valence electrons. The fourth-order valence-corrected chi connectivity index (χ4v) is 1.90. The summed E-state index contributed by atoms with van der Waals surface area (Å²) in [5.74, 6) is 1.96. The van der Waals surface area contributed by atoms with Crippen molar-refractivity contribution in [2.45, 2.75) is 39.9 Å². The maximum absolute atomic E-state index is 5.50. The molecule has 0 saturated heterocycles. The van der Waals surface area contributed by atoms with Crippen LogP contribution in [-0.4, -0.2) is 4.57 Å². The second-order valence-electron chi connectivity index (χ2n) is 4.37. The molecule has 2 aromatic rings. The smallest absolute Gasteiger partial charge is 0.117 e. The van der Waals surface area contributed by atoms with E-state index in [1.54, 1.807) is 0 Å². The topological polar surface area (TPSA) is 30.1 Å². The van der Waals surface area contributed by atoms with Gasteiger partial charge < -0.3 is 14.3 Å². The van der Waals surface area contributed by atoms with Crippen molar-refractivity contribution in [3.05, 3.63) is 47.7 Å². The van der Waals surface area contributed by atoms with Crippen LogP contribution in [0.3, 0.4) is 0 Å². The fraction of sp³-hybridized carbons (Fsp3) is 0.429. The first-order valence-corrected chi connectivity index (χ1v) is 6.18. The van der Waals surface area contributed by atoms with Crippen LogP contribution in [0.15, 0.2) is 35.0 Å². The van der Waals surface area contributed by atoms with Gasteiger partial charge in [0.05, 0.1) is 6.54 Å². The molecule has 1 N–H and O–H groups in total. The number of hydrogen-bond acceptors (Lipinski definition) is 2. The summed E-state index contributed by atoms with van der Waals surface area (Å²) in [4.78, 5) is 0. The quantitative estimate of drug-likeness (QED) is 0.829. The van der Waals surface area contributed by atoms with Gasteiger partial charge in [-0.1, -0.05) is 6.92 Å². The molecule has 2 rings (SSSR count). The van der Waals surface area contributed by atoms with Crippen molar-refractivity contribution in [1.82, 2.24) is 9.88 Å². The molecule has 2 heterocycles. The SMILES string of the molecule is CCCn1ccc(CNCc2ccc(C)o2)c1. The first-order valence-electron chi connectivity index (χ1n) is 6.18. The van der Waals surface area contributed by atoms with Crippen LogP contribution in [0.25, 0.3) is 0 Å². The Morgan fingerprint density at radius 2 is 2.12 bits per heavy atom. The summed E-state index contributed by atoms with van der Waals surface area (Å²) >= 11 is 0. The zero-order valence-corrected chi connectivity index (χ0v) is 10.6. The molecule has 0 radical (unpaired) electrons. The van der Waals surface area contributed by atoms with Gasteiger partial charge in [-0.25, -0.2) is 0 Å². The first-order chi connectivity index (χ1) is 8.28. The number of hydrogen-bond donors (Lipinski definition) is 1. The molecule has 0 aromatic carbocycles. The average Bonchev–Trinajstić information content (AvgIpc) is 2.89. The van der Waals surface area contributed by atoms with Crippen LogP contribution in [0, 0.1) is 6.92 Å². The lowest BCUT2D eigenvalue weighted by Crippen LogP contribution is -2.11. The van der Waals surface area contributed by atoms with Gasteiger partial charge in [-0.3, -0.25) is 0 Å². The van der Waals surface area contributed by atoms with E-state index in [4.69, 9.17) is 4.42 Å². The van der Waals surface area contributed by atoms with Crippen molar-refractivity contribution in [1.29, 1.82) is 0 Å². The van der Waals surface area contributed by atoms with Crippen LogP contribution >= 0.6 is 0 Å². The summed E-state index contributed by atoms with van der Waals surface area (Å²) < 4.78 is 7.73. The van der Waals surface area contributed by atoms with Crippen molar-refractivity contribution >= 4 is 0 Å². The number of aryl methyl sites for hydroxylation is 2. The van der Waals surface area contributed by atoms with Crippen molar-refractivity contribution in [2.24, 2.45) is 0 Å². The highest BCUT2D eigenvalue weighted by Crippen LogP contribution is 2.06. The first kappa shape index (κ1) is 12.0. The van der Waals surface area contributed by atoms with Gasteiger partial charge in [-0.05, 0) is 37.1 Å². The Morgan fingerprint density at radius 1 is 1.24 bits per heavy atom. The standard InChI is InChI=1S/C14H20N2O/c1-3-7-16-8-6-13(11-16)9-15-10-14-5-4-12(2)17-14/h4-6,8,11,15H,3,7,9-10H2,1-2H3. The van der Waals surface area contributed by atoms with Crippen LogP contribution in [0.4, 0.5) is 0 Å². The lowest BCUT2D eigenvalue weighted by molar-refractivity contribution is 0.461. The molecule has 0 amide bonds. The van der Waals surface area contributed by atoms with Crippen molar-refractivity contribution in [3.8, 4) is 0 Å². The third kappa shape index (κ3) is 3.49. The van der Waals surface area contributed by atoms with E-state index < -0.39 is 0 Å². The molecule has 0 unspecified atom stereocenters. The maximum atomic E-state index is 5.50. The van der Waals surface area contributed by atoms with E-state index in [2.05, 4.69) is 35.3 Å². The zero-order valence-electron chi connectivity index (χ0n) is 10.6. The van der Waals surface area contributed by atoms with E-state index in [9.17, 15) is 0 Å². The zero-order chi connectivity index (χ0) is 12.1. The average molecular weight is 232 g/mol. The van der Waals surface area contributed by atoms with Gasteiger partial charge in [0.1, 0.15) is 11.5 Å². The minimum Gasteiger partial charge on any atom is -0.465 e. The Kier molecular flexibility index (Phi) is 4.04. The van der Waals surface area contributed by atoms with Crippen molar-refractivity contribution in [3.63, 3.8) is 0 Å². The molecule has 3 nitrogen and oxygen atoms in total. The number of nitrogens with zero attached hydrogens (tertiary/aromatic N) is 1. The van der Waals surface area contributed by atoms with E-state index in [1.807, 2.05) is 19.1 Å². The summed E-state index contributed by atoms with van der Waals surface area (Å²) in [5, 5.41) is 3.38. The van der Waals surface area contributed by atoms with Gasteiger partial charge in [0, 0.05) is 25.5 Å². The predicted molar refractivity (Wildman–Crippen MR) is 68.7 cm³/mol. The fourth-order valence-electron chi connectivity index (χ4n) is 1.90. The third-order valence-corrected chi connectivity index (χ3v) is 2.72. The number of nitrogens with one attached hydrogen (secondary N) is 1. The lowest BCUT2D eigenvalue weighted by atomic mass is 10.3. The van der Waals surface area contributed by atoms with Crippen LogP contribution in [0.1, 0.15) is 30.4 Å². The molecule has 0 bridgehead atoms. The molecule has 0 aliphatic heterocycles. The Balaban J connectivity index is 1.77. The van der Waals surface area contributed by atoms with Gasteiger partial charge in [-0.15, -0.1) is 0 Å². The van der Waals surface area contributed by atoms with E-state index in [0.717, 1.165) is 31.2 Å². The summed E-state index contributed by atoms with van der Waals surface area (Å²) in [6.07, 6.45) is 5.51. The van der Waals surface area contributed by atoms with Crippen LogP contribution < -0.4 is 5.32 Å². The Labute approximate surface area is 102 Å². The summed E-state index contributed by atoms with van der Waals surface area (Å²) in [6, 6.07) is 6.18. The van der Waals surface area contributed by atoms with Crippen LogP contribution in [0.2, 0.25) is 0 Å². The number of furan rings is 1. The minimum absolute atomic E-state index is 0.785. The summed E-state index contributed by atoms with van der Waals surface area (Å²) in [5.41, 5.74) is 1.32. The molecule has 2 aromatic heterocycles. The number of aromatic nitrogens is 1. The third-order valence-electron chi connectivity index (χ3n) is 2.72. The second-order valence-corrected chi connectivity index (χ2v) is 4.37. The molecule has 17 heavy (non-hydrogen) atoms. The molecule has 0 aliphatic carbocycles. The van der Waals surface area contributed by atoms with Crippen molar-refractivity contribution in [2.75, 3.05) is 0 Å². The normalized spacial score (nSPS) is 10.9. The molecule has 0 fully saturated rings.